The van der Waals surface area contributed by atoms with Gasteiger partial charge in [0.05, 0.1) is 16.7 Å². The highest BCUT2D eigenvalue weighted by molar-refractivity contribution is 5.97. The van der Waals surface area contributed by atoms with E-state index in [1.165, 1.54) is 0 Å². The molecule has 1 aromatic heterocycles. The monoisotopic (exact) mass is 186 g/mol. The Hall–Kier alpha value is -1.77. The van der Waals surface area contributed by atoms with E-state index in [4.69, 9.17) is 0 Å². The summed E-state index contributed by atoms with van der Waals surface area (Å²) in [5, 5.41) is 0. The number of rotatable bonds is 1. The molecule has 0 amide bonds. The van der Waals surface area contributed by atoms with Crippen molar-refractivity contribution in [3.63, 3.8) is 0 Å². The minimum Gasteiger partial charge on any atom is -0.295 e. The number of Topliss-reactive ketones (excluding diaryl/α,β-unsaturated/α-hetero) is 1. The molecule has 0 aliphatic carbocycles. The predicted molar refractivity (Wildman–Crippen MR) is 54.3 cm³/mol. The van der Waals surface area contributed by atoms with Gasteiger partial charge < -0.3 is 0 Å². The molecular formula is C11H10N2O. The zero-order valence-corrected chi connectivity index (χ0v) is 8.11. The van der Waals surface area contributed by atoms with Crippen LogP contribution in [0, 0.1) is 6.92 Å². The van der Waals surface area contributed by atoms with Crippen LogP contribution >= 0.6 is 0 Å². The second-order valence-electron chi connectivity index (χ2n) is 3.27. The number of hydrogen-bond acceptors (Lipinski definition) is 3. The number of carbonyl (C=O) groups excluding carboxylic acids is 1. The molecule has 3 nitrogen and oxygen atoms in total. The maximum Gasteiger partial charge on any atom is 0.159 e. The summed E-state index contributed by atoms with van der Waals surface area (Å²) in [4.78, 5) is 19.6. The van der Waals surface area contributed by atoms with Crippen LogP contribution in [0.2, 0.25) is 0 Å². The second kappa shape index (κ2) is 3.18. The largest absolute Gasteiger partial charge is 0.295 e. The number of aryl methyl sites for hydroxylation is 1. The van der Waals surface area contributed by atoms with Gasteiger partial charge in [0.1, 0.15) is 0 Å². The Morgan fingerprint density at radius 3 is 2.79 bits per heavy atom. The molecule has 0 radical (unpaired) electrons. The molecule has 0 bridgehead atoms. The lowest BCUT2D eigenvalue weighted by molar-refractivity contribution is 0.101. The lowest BCUT2D eigenvalue weighted by atomic mass is 10.1. The summed E-state index contributed by atoms with van der Waals surface area (Å²) in [5.41, 5.74) is 3.15. The molecule has 2 aromatic rings. The molecule has 2 rings (SSSR count). The molecule has 0 spiro atoms. The predicted octanol–water partition coefficient (Wildman–Crippen LogP) is 2.14. The average molecular weight is 186 g/mol. The van der Waals surface area contributed by atoms with E-state index in [-0.39, 0.29) is 5.78 Å². The Bertz CT molecular complexity index is 506. The van der Waals surface area contributed by atoms with Crippen LogP contribution in [0.4, 0.5) is 0 Å². The van der Waals surface area contributed by atoms with Crippen LogP contribution in [0.1, 0.15) is 23.0 Å². The Kier molecular flexibility index (Phi) is 2.00. The highest BCUT2D eigenvalue weighted by Crippen LogP contribution is 2.12. The van der Waals surface area contributed by atoms with Gasteiger partial charge in [-0.1, -0.05) is 0 Å². The first-order valence-electron chi connectivity index (χ1n) is 4.41. The molecule has 0 fully saturated rings. The molecule has 0 aliphatic heterocycles. The molecule has 14 heavy (non-hydrogen) atoms. The number of benzene rings is 1. The van der Waals surface area contributed by atoms with E-state index < -0.39 is 0 Å². The number of hydrogen-bond donors (Lipinski definition) is 0. The fourth-order valence-electron chi connectivity index (χ4n) is 1.32. The Labute approximate surface area is 81.8 Å². The molecule has 0 N–H and O–H groups in total. The van der Waals surface area contributed by atoms with E-state index in [0.29, 0.717) is 5.56 Å². The van der Waals surface area contributed by atoms with Crippen LogP contribution in [-0.2, 0) is 0 Å². The van der Waals surface area contributed by atoms with Crippen LogP contribution in [-0.4, -0.2) is 15.8 Å². The summed E-state index contributed by atoms with van der Waals surface area (Å²) in [5.74, 6) is 0.0503. The number of aromatic nitrogens is 2. The molecule has 0 aliphatic rings. The van der Waals surface area contributed by atoms with Gasteiger partial charge in [-0.3, -0.25) is 9.78 Å². The molecule has 0 saturated heterocycles. The van der Waals surface area contributed by atoms with Gasteiger partial charge in [-0.05, 0) is 32.0 Å². The van der Waals surface area contributed by atoms with Crippen molar-refractivity contribution in [3.05, 3.63) is 35.7 Å². The Morgan fingerprint density at radius 1 is 1.29 bits per heavy atom. The molecule has 1 aromatic carbocycles. The van der Waals surface area contributed by atoms with Crippen LogP contribution in [0.15, 0.2) is 24.4 Å². The number of carbonyl (C=O) groups is 1. The van der Waals surface area contributed by atoms with Crippen molar-refractivity contribution < 1.29 is 4.79 Å². The van der Waals surface area contributed by atoms with E-state index >= 15 is 0 Å². The van der Waals surface area contributed by atoms with Gasteiger partial charge in [0.15, 0.2) is 5.78 Å². The first-order chi connectivity index (χ1) is 6.66. The third-order valence-electron chi connectivity index (χ3n) is 2.07. The van der Waals surface area contributed by atoms with Gasteiger partial charge in [-0.15, -0.1) is 0 Å². The third-order valence-corrected chi connectivity index (χ3v) is 2.07. The van der Waals surface area contributed by atoms with Crippen LogP contribution < -0.4 is 0 Å². The smallest absolute Gasteiger partial charge is 0.159 e. The van der Waals surface area contributed by atoms with Crippen molar-refractivity contribution in [1.29, 1.82) is 0 Å². The van der Waals surface area contributed by atoms with Crippen molar-refractivity contribution in [3.8, 4) is 0 Å². The maximum atomic E-state index is 11.1. The Balaban J connectivity index is 2.67. The minimum atomic E-state index is 0.0503. The molecule has 0 atom stereocenters. The van der Waals surface area contributed by atoms with Gasteiger partial charge >= 0.3 is 0 Å². The van der Waals surface area contributed by atoms with E-state index in [9.17, 15) is 4.79 Å². The van der Waals surface area contributed by atoms with Crippen molar-refractivity contribution in [2.45, 2.75) is 13.8 Å². The topological polar surface area (TPSA) is 42.9 Å². The number of nitrogens with zero attached hydrogens (tertiary/aromatic N) is 2. The SMILES string of the molecule is CC(=O)c1ccc2nc(C)cnc2c1. The summed E-state index contributed by atoms with van der Waals surface area (Å²) in [7, 11) is 0. The zero-order valence-electron chi connectivity index (χ0n) is 8.11. The maximum absolute atomic E-state index is 11.1. The van der Waals surface area contributed by atoms with Crippen molar-refractivity contribution in [1.82, 2.24) is 9.97 Å². The van der Waals surface area contributed by atoms with Gasteiger partial charge in [-0.2, -0.15) is 0 Å². The number of fused-ring (bicyclic) bond motifs is 1. The average Bonchev–Trinajstić information content (AvgIpc) is 2.16. The molecule has 0 saturated carbocycles. The molecule has 70 valence electrons. The molecule has 3 heteroatoms. The van der Waals surface area contributed by atoms with Crippen molar-refractivity contribution >= 4 is 16.8 Å². The highest BCUT2D eigenvalue weighted by Gasteiger charge is 2.02. The van der Waals surface area contributed by atoms with Crippen molar-refractivity contribution in [2.75, 3.05) is 0 Å². The van der Waals surface area contributed by atoms with Crippen LogP contribution in [0.3, 0.4) is 0 Å². The Morgan fingerprint density at radius 2 is 2.07 bits per heavy atom. The first-order valence-corrected chi connectivity index (χ1v) is 4.41. The molecule has 1 heterocycles. The summed E-state index contributed by atoms with van der Waals surface area (Å²) in [6.45, 7) is 3.44. The summed E-state index contributed by atoms with van der Waals surface area (Å²) < 4.78 is 0. The number of ketones is 1. The van der Waals surface area contributed by atoms with Gasteiger partial charge in [-0.25, -0.2) is 4.98 Å². The molecular weight excluding hydrogens is 176 g/mol. The second-order valence-corrected chi connectivity index (χ2v) is 3.27. The van der Waals surface area contributed by atoms with Gasteiger partial charge in [0.2, 0.25) is 0 Å². The van der Waals surface area contributed by atoms with Gasteiger partial charge in [0.25, 0.3) is 0 Å². The van der Waals surface area contributed by atoms with E-state index in [1.54, 1.807) is 25.3 Å². The molecule has 0 unspecified atom stereocenters. The minimum absolute atomic E-state index is 0.0503. The summed E-state index contributed by atoms with van der Waals surface area (Å²) >= 11 is 0. The summed E-state index contributed by atoms with van der Waals surface area (Å²) in [6.07, 6.45) is 1.70. The van der Waals surface area contributed by atoms with E-state index in [1.807, 2.05) is 13.0 Å². The zero-order chi connectivity index (χ0) is 10.1. The fraction of sp³-hybridized carbons (Fsp3) is 0.182. The normalized spacial score (nSPS) is 10.4. The fourth-order valence-corrected chi connectivity index (χ4v) is 1.32. The lowest BCUT2D eigenvalue weighted by Gasteiger charge is -1.99. The van der Waals surface area contributed by atoms with Gasteiger partial charge in [0, 0.05) is 11.8 Å². The van der Waals surface area contributed by atoms with E-state index in [0.717, 1.165) is 16.7 Å². The third kappa shape index (κ3) is 1.48. The van der Waals surface area contributed by atoms with E-state index in [2.05, 4.69) is 9.97 Å². The van der Waals surface area contributed by atoms with Crippen molar-refractivity contribution in [2.24, 2.45) is 0 Å². The lowest BCUT2D eigenvalue weighted by Crippen LogP contribution is -1.93. The van der Waals surface area contributed by atoms with Crippen LogP contribution in [0.5, 0.6) is 0 Å². The first kappa shape index (κ1) is 8.81. The van der Waals surface area contributed by atoms with Crippen LogP contribution in [0.25, 0.3) is 11.0 Å². The quantitative estimate of drug-likeness (QED) is 0.641. The standard InChI is InChI=1S/C11H10N2O/c1-7-6-12-11-5-9(8(2)14)3-4-10(11)13-7/h3-6H,1-2H3. The summed E-state index contributed by atoms with van der Waals surface area (Å²) in [6, 6.07) is 5.37. The highest BCUT2D eigenvalue weighted by atomic mass is 16.1.